The summed E-state index contributed by atoms with van der Waals surface area (Å²) in [5, 5.41) is 4.10. The minimum absolute atomic E-state index is 0.180. The van der Waals surface area contributed by atoms with Gasteiger partial charge < -0.3 is 4.57 Å². The third kappa shape index (κ3) is 2.57. The number of imidazole rings is 1. The lowest BCUT2D eigenvalue weighted by Crippen LogP contribution is -2.29. The van der Waals surface area contributed by atoms with Gasteiger partial charge in [0.1, 0.15) is 10.7 Å². The summed E-state index contributed by atoms with van der Waals surface area (Å²) in [6.07, 6.45) is 8.20. The van der Waals surface area contributed by atoms with Crippen molar-refractivity contribution in [3.8, 4) is 0 Å². The van der Waals surface area contributed by atoms with Crippen LogP contribution in [0.1, 0.15) is 49.7 Å². The Hall–Kier alpha value is -1.67. The van der Waals surface area contributed by atoms with Gasteiger partial charge in [-0.15, -0.1) is 0 Å². The molecular formula is C16H23N5O2S. The third-order valence-electron chi connectivity index (χ3n) is 5.02. The van der Waals surface area contributed by atoms with Crippen LogP contribution in [-0.4, -0.2) is 45.1 Å². The van der Waals surface area contributed by atoms with Crippen molar-refractivity contribution in [2.24, 2.45) is 0 Å². The second-order valence-corrected chi connectivity index (χ2v) is 8.68. The highest BCUT2D eigenvalue weighted by atomic mass is 32.2. The van der Waals surface area contributed by atoms with E-state index >= 15 is 0 Å². The molecule has 1 aliphatic heterocycles. The molecule has 4 rings (SSSR count). The summed E-state index contributed by atoms with van der Waals surface area (Å²) < 4.78 is 31.2. The van der Waals surface area contributed by atoms with E-state index in [4.69, 9.17) is 0 Å². The molecule has 1 atom stereocenters. The van der Waals surface area contributed by atoms with Gasteiger partial charge in [0.05, 0.1) is 12.2 Å². The maximum Gasteiger partial charge on any atom is 0.246 e. The molecule has 1 aliphatic carbocycles. The summed E-state index contributed by atoms with van der Waals surface area (Å²) in [5.74, 6) is 1.70. The lowest BCUT2D eigenvalue weighted by Gasteiger charge is -2.19. The summed E-state index contributed by atoms with van der Waals surface area (Å²) in [7, 11) is -3.47. The van der Waals surface area contributed by atoms with Crippen LogP contribution in [0.2, 0.25) is 0 Å². The van der Waals surface area contributed by atoms with E-state index < -0.39 is 10.0 Å². The van der Waals surface area contributed by atoms with Crippen molar-refractivity contribution < 1.29 is 8.42 Å². The summed E-state index contributed by atoms with van der Waals surface area (Å²) >= 11 is 0. The number of aromatic nitrogens is 4. The van der Waals surface area contributed by atoms with Crippen molar-refractivity contribution in [2.75, 3.05) is 13.1 Å². The Morgan fingerprint density at radius 1 is 1.25 bits per heavy atom. The molecule has 2 aromatic heterocycles. The van der Waals surface area contributed by atoms with Gasteiger partial charge in [-0.3, -0.25) is 4.68 Å². The number of rotatable bonds is 5. The van der Waals surface area contributed by atoms with E-state index in [0.29, 0.717) is 25.6 Å². The van der Waals surface area contributed by atoms with Crippen molar-refractivity contribution >= 4 is 10.0 Å². The van der Waals surface area contributed by atoms with Crippen LogP contribution in [0, 0.1) is 6.92 Å². The van der Waals surface area contributed by atoms with Crippen LogP contribution >= 0.6 is 0 Å². The molecule has 0 spiro atoms. The van der Waals surface area contributed by atoms with Gasteiger partial charge in [0, 0.05) is 43.6 Å². The van der Waals surface area contributed by atoms with E-state index in [1.807, 2.05) is 13.1 Å². The average Bonchev–Trinajstić information content (AvgIpc) is 3.00. The molecule has 0 aromatic carbocycles. The molecule has 0 N–H and O–H groups in total. The maximum atomic E-state index is 12.8. The molecule has 2 aliphatic rings. The van der Waals surface area contributed by atoms with E-state index in [2.05, 4.69) is 21.6 Å². The van der Waals surface area contributed by atoms with Crippen molar-refractivity contribution in [1.82, 2.24) is 23.6 Å². The Balaban J connectivity index is 1.57. The zero-order valence-electron chi connectivity index (χ0n) is 14.1. The number of sulfonamides is 1. The fourth-order valence-corrected chi connectivity index (χ4v) is 4.97. The van der Waals surface area contributed by atoms with Gasteiger partial charge in [-0.25, -0.2) is 13.4 Å². The molecule has 2 fully saturated rings. The number of aryl methyl sites for hydroxylation is 2. The number of nitrogens with zero attached hydrogens (tertiary/aromatic N) is 5. The molecule has 1 unspecified atom stereocenters. The fourth-order valence-electron chi connectivity index (χ4n) is 3.52. The molecule has 0 radical (unpaired) electrons. The molecule has 8 heteroatoms. The molecule has 1 saturated carbocycles. The highest BCUT2D eigenvalue weighted by molar-refractivity contribution is 7.89. The van der Waals surface area contributed by atoms with Gasteiger partial charge >= 0.3 is 0 Å². The predicted molar refractivity (Wildman–Crippen MR) is 89.3 cm³/mol. The normalized spacial score (nSPS) is 22.3. The Bertz CT molecular complexity index is 850. The van der Waals surface area contributed by atoms with Gasteiger partial charge in [0.2, 0.25) is 10.0 Å². The molecule has 7 nitrogen and oxygen atoms in total. The predicted octanol–water partition coefficient (Wildman–Crippen LogP) is 1.92. The molecule has 24 heavy (non-hydrogen) atoms. The number of hydrogen-bond acceptors (Lipinski definition) is 4. The summed E-state index contributed by atoms with van der Waals surface area (Å²) in [6, 6.07) is 0.180. The molecule has 3 heterocycles. The van der Waals surface area contributed by atoms with Crippen molar-refractivity contribution in [1.29, 1.82) is 0 Å². The first-order valence-electron chi connectivity index (χ1n) is 8.57. The summed E-state index contributed by atoms with van der Waals surface area (Å²) in [6.45, 7) is 5.72. The van der Waals surface area contributed by atoms with Crippen LogP contribution in [-0.2, 0) is 16.6 Å². The van der Waals surface area contributed by atoms with Crippen LogP contribution in [0.15, 0.2) is 23.5 Å². The van der Waals surface area contributed by atoms with Crippen molar-refractivity contribution in [3.63, 3.8) is 0 Å². The van der Waals surface area contributed by atoms with E-state index in [0.717, 1.165) is 17.9 Å². The van der Waals surface area contributed by atoms with Crippen molar-refractivity contribution in [2.45, 2.75) is 56.5 Å². The van der Waals surface area contributed by atoms with E-state index in [1.165, 1.54) is 19.0 Å². The average molecular weight is 349 g/mol. The first-order chi connectivity index (χ1) is 11.5. The monoisotopic (exact) mass is 349 g/mol. The molecule has 2 aromatic rings. The highest BCUT2D eigenvalue weighted by Crippen LogP contribution is 2.41. The largest absolute Gasteiger partial charge is 0.328 e. The van der Waals surface area contributed by atoms with E-state index in [9.17, 15) is 8.42 Å². The highest BCUT2D eigenvalue weighted by Gasteiger charge is 2.37. The second-order valence-electron chi connectivity index (χ2n) is 6.74. The zero-order valence-corrected chi connectivity index (χ0v) is 14.9. The van der Waals surface area contributed by atoms with Crippen LogP contribution in [0.5, 0.6) is 0 Å². The van der Waals surface area contributed by atoms with Crippen LogP contribution in [0.4, 0.5) is 0 Å². The van der Waals surface area contributed by atoms with Crippen molar-refractivity contribution in [3.05, 3.63) is 30.1 Å². The van der Waals surface area contributed by atoms with Crippen LogP contribution < -0.4 is 0 Å². The maximum absolute atomic E-state index is 12.8. The van der Waals surface area contributed by atoms with Crippen LogP contribution in [0.3, 0.4) is 0 Å². The molecule has 0 amide bonds. The van der Waals surface area contributed by atoms with E-state index in [1.54, 1.807) is 15.2 Å². The van der Waals surface area contributed by atoms with Gasteiger partial charge in [0.25, 0.3) is 0 Å². The number of hydrogen-bond donors (Lipinski definition) is 0. The topological polar surface area (TPSA) is 73.0 Å². The first kappa shape index (κ1) is 15.8. The van der Waals surface area contributed by atoms with Gasteiger partial charge in [-0.05, 0) is 33.1 Å². The quantitative estimate of drug-likeness (QED) is 0.827. The summed E-state index contributed by atoms with van der Waals surface area (Å²) in [4.78, 5) is 4.85. The SMILES string of the molecule is CCn1cc(S(=O)(=O)N2CCC(n3c(C)cnc3C3CC3)C2)cn1. The first-order valence-corrected chi connectivity index (χ1v) is 10.0. The third-order valence-corrected chi connectivity index (χ3v) is 6.83. The Kier molecular flexibility index (Phi) is 3.76. The standard InChI is InChI=1S/C16H23N5O2S/c1-3-19-11-15(9-18-19)24(22,23)20-7-6-14(10-20)21-12(2)8-17-16(21)13-4-5-13/h8-9,11,13-14H,3-7,10H2,1-2H3. The molecule has 1 saturated heterocycles. The Morgan fingerprint density at radius 3 is 2.71 bits per heavy atom. The second kappa shape index (κ2) is 5.70. The summed E-state index contributed by atoms with van der Waals surface area (Å²) in [5.41, 5.74) is 1.12. The van der Waals surface area contributed by atoms with Gasteiger partial charge in [-0.1, -0.05) is 0 Å². The van der Waals surface area contributed by atoms with Gasteiger partial charge in [-0.2, -0.15) is 9.40 Å². The Labute approximate surface area is 142 Å². The van der Waals surface area contributed by atoms with Crippen LogP contribution in [0.25, 0.3) is 0 Å². The van der Waals surface area contributed by atoms with Gasteiger partial charge in [0.15, 0.2) is 0 Å². The van der Waals surface area contributed by atoms with E-state index in [-0.39, 0.29) is 10.9 Å². The minimum atomic E-state index is -3.47. The fraction of sp³-hybridized carbons (Fsp3) is 0.625. The smallest absolute Gasteiger partial charge is 0.246 e. The molecule has 130 valence electrons. The molecule has 0 bridgehead atoms. The lowest BCUT2D eigenvalue weighted by atomic mass is 10.2. The Morgan fingerprint density at radius 2 is 2.04 bits per heavy atom. The minimum Gasteiger partial charge on any atom is -0.328 e. The molecular weight excluding hydrogens is 326 g/mol. The lowest BCUT2D eigenvalue weighted by molar-refractivity contribution is 0.443. The zero-order chi connectivity index (χ0) is 16.9.